The number of benzene rings is 2. The molecule has 1 fully saturated rings. The third-order valence-electron chi connectivity index (χ3n) is 4.57. The molecule has 1 unspecified atom stereocenters. The van der Waals surface area contributed by atoms with Crippen LogP contribution in [0.5, 0.6) is 0 Å². The number of thioether (sulfide) groups is 1. The van der Waals surface area contributed by atoms with Gasteiger partial charge in [0.15, 0.2) is 0 Å². The summed E-state index contributed by atoms with van der Waals surface area (Å²) in [6.07, 6.45) is 2.34. The van der Waals surface area contributed by atoms with Crippen LogP contribution in [0.3, 0.4) is 0 Å². The van der Waals surface area contributed by atoms with Crippen molar-refractivity contribution < 1.29 is 4.79 Å². The van der Waals surface area contributed by atoms with Crippen molar-refractivity contribution in [1.82, 2.24) is 4.90 Å². The number of nitrogens with zero attached hydrogens (tertiary/aromatic N) is 1. The average Bonchev–Trinajstić information content (AvgIpc) is 3.18. The van der Waals surface area contributed by atoms with Crippen molar-refractivity contribution in [2.24, 2.45) is 0 Å². The van der Waals surface area contributed by atoms with Gasteiger partial charge < -0.3 is 10.2 Å². The highest BCUT2D eigenvalue weighted by Crippen LogP contribution is 2.33. The molecule has 3 rings (SSSR count). The highest BCUT2D eigenvalue weighted by atomic mass is 32.2. The van der Waals surface area contributed by atoms with Crippen molar-refractivity contribution >= 4 is 39.9 Å². The average molecular weight is 385 g/mol. The summed E-state index contributed by atoms with van der Waals surface area (Å²) in [5.41, 5.74) is 4.02. The number of amides is 1. The molecule has 1 saturated heterocycles. The van der Waals surface area contributed by atoms with E-state index < -0.39 is 0 Å². The first-order valence-corrected chi connectivity index (χ1v) is 10.2. The molecule has 26 heavy (non-hydrogen) atoms. The second-order valence-corrected chi connectivity index (χ2v) is 8.42. The lowest BCUT2D eigenvalue weighted by molar-refractivity contribution is -0.115. The first-order chi connectivity index (χ1) is 12.5. The second-order valence-electron chi connectivity index (χ2n) is 6.68. The van der Waals surface area contributed by atoms with Gasteiger partial charge in [0.2, 0.25) is 5.91 Å². The Hall–Kier alpha value is -1.85. The molecule has 0 aliphatic carbocycles. The summed E-state index contributed by atoms with van der Waals surface area (Å²) in [4.78, 5) is 15.3. The van der Waals surface area contributed by atoms with Gasteiger partial charge in [-0.25, -0.2) is 0 Å². The minimum atomic E-state index is -0.357. The number of hydrogen-bond acceptors (Lipinski definition) is 3. The van der Waals surface area contributed by atoms with E-state index >= 15 is 0 Å². The Labute approximate surface area is 165 Å². The largest absolute Gasteiger partial charge is 0.357 e. The lowest BCUT2D eigenvalue weighted by Gasteiger charge is -2.23. The summed E-state index contributed by atoms with van der Waals surface area (Å²) >= 11 is 7.11. The summed E-state index contributed by atoms with van der Waals surface area (Å²) in [6.45, 7) is 6.02. The van der Waals surface area contributed by atoms with Crippen LogP contribution in [0, 0.1) is 13.8 Å². The molecule has 0 radical (unpaired) electrons. The van der Waals surface area contributed by atoms with Gasteiger partial charge in [-0.1, -0.05) is 66.4 Å². The predicted molar refractivity (Wildman–Crippen MR) is 115 cm³/mol. The molecule has 1 aliphatic heterocycles. The highest BCUT2D eigenvalue weighted by molar-refractivity contribution is 8.23. The molecule has 1 heterocycles. The molecule has 5 heteroatoms. The maximum Gasteiger partial charge on any atom is 0.242 e. The lowest BCUT2D eigenvalue weighted by Crippen LogP contribution is -2.27. The highest BCUT2D eigenvalue weighted by Gasteiger charge is 2.26. The van der Waals surface area contributed by atoms with Crippen molar-refractivity contribution in [3.8, 4) is 0 Å². The smallest absolute Gasteiger partial charge is 0.242 e. The summed E-state index contributed by atoms with van der Waals surface area (Å²) in [6, 6.07) is 16.0. The van der Waals surface area contributed by atoms with Gasteiger partial charge in [-0.2, -0.15) is 0 Å². The van der Waals surface area contributed by atoms with Crippen molar-refractivity contribution in [2.45, 2.75) is 31.9 Å². The Morgan fingerprint density at radius 2 is 1.81 bits per heavy atom. The van der Waals surface area contributed by atoms with Crippen LogP contribution in [0.1, 0.15) is 34.8 Å². The fourth-order valence-corrected chi connectivity index (χ4v) is 4.51. The number of rotatable bonds is 4. The zero-order valence-corrected chi connectivity index (χ0v) is 16.8. The predicted octanol–water partition coefficient (Wildman–Crippen LogP) is 5.10. The van der Waals surface area contributed by atoms with Gasteiger partial charge in [0.25, 0.3) is 0 Å². The summed E-state index contributed by atoms with van der Waals surface area (Å²) in [5, 5.41) is 2.75. The Kier molecular flexibility index (Phi) is 6.33. The first kappa shape index (κ1) is 18.9. The van der Waals surface area contributed by atoms with Gasteiger partial charge in [0.1, 0.15) is 9.57 Å². The SMILES string of the molecule is Cc1ccc(C)c(NC(=O)C(SC(=S)N2CCCC2)c2ccccc2)c1. The van der Waals surface area contributed by atoms with E-state index in [0.717, 1.165) is 39.8 Å². The van der Waals surface area contributed by atoms with E-state index in [9.17, 15) is 4.79 Å². The van der Waals surface area contributed by atoms with Crippen LogP contribution in [0.2, 0.25) is 0 Å². The number of thiocarbonyl (C=S) groups is 1. The van der Waals surface area contributed by atoms with E-state index in [1.165, 1.54) is 24.6 Å². The van der Waals surface area contributed by atoms with E-state index in [1.807, 2.05) is 56.3 Å². The van der Waals surface area contributed by atoms with E-state index in [4.69, 9.17) is 12.2 Å². The quantitative estimate of drug-likeness (QED) is 0.744. The van der Waals surface area contributed by atoms with Crippen molar-refractivity contribution in [3.05, 3.63) is 65.2 Å². The van der Waals surface area contributed by atoms with Gasteiger partial charge >= 0.3 is 0 Å². The third kappa shape index (κ3) is 4.65. The number of likely N-dealkylation sites (tertiary alicyclic amines) is 1. The van der Waals surface area contributed by atoms with Crippen molar-refractivity contribution in [3.63, 3.8) is 0 Å². The summed E-state index contributed by atoms with van der Waals surface area (Å²) < 4.78 is 0.812. The summed E-state index contributed by atoms with van der Waals surface area (Å²) in [5.74, 6) is -0.0311. The maximum absolute atomic E-state index is 13.1. The standard InChI is InChI=1S/C21H24N2OS2/c1-15-10-11-16(2)18(14-15)22-20(24)19(17-8-4-3-5-9-17)26-21(25)23-12-6-7-13-23/h3-5,8-11,14,19H,6-7,12-13H2,1-2H3,(H,22,24). The zero-order valence-electron chi connectivity index (χ0n) is 15.2. The zero-order chi connectivity index (χ0) is 18.5. The summed E-state index contributed by atoms with van der Waals surface area (Å²) in [7, 11) is 0. The maximum atomic E-state index is 13.1. The molecular formula is C21H24N2OS2. The molecule has 1 aliphatic rings. The Morgan fingerprint density at radius 1 is 1.12 bits per heavy atom. The normalized spacial score (nSPS) is 14.9. The molecule has 1 N–H and O–H groups in total. The minimum Gasteiger partial charge on any atom is -0.357 e. The minimum absolute atomic E-state index is 0.0311. The topological polar surface area (TPSA) is 32.3 Å². The third-order valence-corrected chi connectivity index (χ3v) is 6.30. The number of nitrogens with one attached hydrogen (secondary N) is 1. The number of anilines is 1. The number of aryl methyl sites for hydroxylation is 2. The second kappa shape index (κ2) is 8.69. The van der Waals surface area contributed by atoms with Crippen LogP contribution >= 0.6 is 24.0 Å². The molecule has 0 aromatic heterocycles. The lowest BCUT2D eigenvalue weighted by atomic mass is 10.1. The van der Waals surface area contributed by atoms with Crippen LogP contribution in [0.25, 0.3) is 0 Å². The van der Waals surface area contributed by atoms with Crippen LogP contribution in [-0.4, -0.2) is 28.2 Å². The molecule has 0 saturated carbocycles. The monoisotopic (exact) mass is 384 g/mol. The number of carbonyl (C=O) groups excluding carboxylic acids is 1. The van der Waals surface area contributed by atoms with Crippen LogP contribution in [0.15, 0.2) is 48.5 Å². The fourth-order valence-electron chi connectivity index (χ4n) is 3.04. The molecule has 2 aromatic rings. The molecule has 1 amide bonds. The molecule has 136 valence electrons. The van der Waals surface area contributed by atoms with E-state index in [2.05, 4.69) is 16.3 Å². The first-order valence-electron chi connectivity index (χ1n) is 8.93. The Morgan fingerprint density at radius 3 is 2.50 bits per heavy atom. The van der Waals surface area contributed by atoms with Crippen LogP contribution in [-0.2, 0) is 4.79 Å². The molecule has 0 bridgehead atoms. The van der Waals surface area contributed by atoms with E-state index in [1.54, 1.807) is 0 Å². The van der Waals surface area contributed by atoms with E-state index in [0.29, 0.717) is 0 Å². The van der Waals surface area contributed by atoms with E-state index in [-0.39, 0.29) is 11.2 Å². The van der Waals surface area contributed by atoms with Gasteiger partial charge in [-0.3, -0.25) is 4.79 Å². The van der Waals surface area contributed by atoms with Gasteiger partial charge in [-0.15, -0.1) is 0 Å². The van der Waals surface area contributed by atoms with Crippen LogP contribution < -0.4 is 5.32 Å². The van der Waals surface area contributed by atoms with Crippen molar-refractivity contribution in [2.75, 3.05) is 18.4 Å². The number of carbonyl (C=O) groups is 1. The van der Waals surface area contributed by atoms with Gasteiger partial charge in [0.05, 0.1) is 0 Å². The molecule has 2 aromatic carbocycles. The number of hydrogen-bond donors (Lipinski definition) is 1. The Balaban J connectivity index is 1.81. The Bertz CT molecular complexity index is 786. The molecular weight excluding hydrogens is 360 g/mol. The van der Waals surface area contributed by atoms with Crippen molar-refractivity contribution in [1.29, 1.82) is 0 Å². The van der Waals surface area contributed by atoms with Gasteiger partial charge in [0, 0.05) is 18.8 Å². The fraction of sp³-hybridized carbons (Fsp3) is 0.333. The van der Waals surface area contributed by atoms with Crippen LogP contribution in [0.4, 0.5) is 5.69 Å². The molecule has 1 atom stereocenters. The molecule has 3 nitrogen and oxygen atoms in total. The van der Waals surface area contributed by atoms with Gasteiger partial charge in [-0.05, 0) is 49.4 Å². The molecule has 0 spiro atoms.